The maximum atomic E-state index is 12.5. The van der Waals surface area contributed by atoms with Crippen LogP contribution >= 0.6 is 24.0 Å². The fourth-order valence-corrected chi connectivity index (χ4v) is 3.52. The maximum absolute atomic E-state index is 12.5. The van der Waals surface area contributed by atoms with E-state index in [4.69, 9.17) is 21.7 Å². The number of thioether (sulfide) groups is 1. The van der Waals surface area contributed by atoms with Crippen molar-refractivity contribution >= 4 is 46.3 Å². The molecule has 0 unspecified atom stereocenters. The number of esters is 1. The second kappa shape index (κ2) is 9.58. The van der Waals surface area contributed by atoms with E-state index >= 15 is 0 Å². The molecule has 1 heterocycles. The van der Waals surface area contributed by atoms with Crippen LogP contribution in [0.15, 0.2) is 29.2 Å². The number of hydrogen-bond donors (Lipinski definition) is 0. The summed E-state index contributed by atoms with van der Waals surface area (Å²) in [7, 11) is 1.59. The summed E-state index contributed by atoms with van der Waals surface area (Å²) in [6.07, 6.45) is 3.71. The van der Waals surface area contributed by atoms with Crippen molar-refractivity contribution in [2.75, 3.05) is 20.3 Å². The maximum Gasteiger partial charge on any atom is 0.307 e. The number of ether oxygens (including phenoxy) is 2. The minimum atomic E-state index is -0.309. The highest BCUT2D eigenvalue weighted by Gasteiger charge is 2.32. The Balaban J connectivity index is 2.00. The average molecular weight is 380 g/mol. The number of thiocarbonyl (C=S) groups is 1. The Kier molecular flexibility index (Phi) is 7.46. The molecular formula is C18H21NO4S2. The van der Waals surface area contributed by atoms with E-state index in [1.165, 1.54) is 16.7 Å². The molecule has 1 aromatic rings. The fraction of sp³-hybridized carbons (Fsp3) is 0.389. The molecule has 0 atom stereocenters. The number of methoxy groups -OCH3 is 1. The van der Waals surface area contributed by atoms with Gasteiger partial charge in [-0.05, 0) is 18.6 Å². The molecule has 1 aromatic carbocycles. The number of amides is 1. The zero-order chi connectivity index (χ0) is 18.2. The molecule has 0 aliphatic carbocycles. The van der Waals surface area contributed by atoms with Crippen LogP contribution < -0.4 is 4.74 Å². The Morgan fingerprint density at radius 2 is 2.12 bits per heavy atom. The molecule has 2 rings (SSSR count). The van der Waals surface area contributed by atoms with Gasteiger partial charge in [-0.2, -0.15) is 0 Å². The smallest absolute Gasteiger partial charge is 0.307 e. The van der Waals surface area contributed by atoms with Gasteiger partial charge < -0.3 is 9.47 Å². The van der Waals surface area contributed by atoms with Crippen molar-refractivity contribution in [3.63, 3.8) is 0 Å². The first-order chi connectivity index (χ1) is 12.1. The van der Waals surface area contributed by atoms with E-state index in [2.05, 4.69) is 0 Å². The number of carbonyl (C=O) groups is 2. The summed E-state index contributed by atoms with van der Waals surface area (Å²) in [6.45, 7) is 2.68. The lowest BCUT2D eigenvalue weighted by Gasteiger charge is -2.13. The van der Waals surface area contributed by atoms with Crippen molar-refractivity contribution in [2.24, 2.45) is 0 Å². The normalized spacial score (nSPS) is 15.8. The third-order valence-corrected chi connectivity index (χ3v) is 4.98. The van der Waals surface area contributed by atoms with Gasteiger partial charge in [-0.3, -0.25) is 14.5 Å². The van der Waals surface area contributed by atoms with Crippen molar-refractivity contribution in [3.8, 4) is 5.75 Å². The predicted octanol–water partition coefficient (Wildman–Crippen LogP) is 3.63. The molecule has 0 N–H and O–H groups in total. The molecule has 1 saturated heterocycles. The van der Waals surface area contributed by atoms with Crippen molar-refractivity contribution in [1.82, 2.24) is 4.90 Å². The molecule has 7 heteroatoms. The fourth-order valence-electron chi connectivity index (χ4n) is 2.23. The number of rotatable bonds is 8. The summed E-state index contributed by atoms with van der Waals surface area (Å²) in [5.74, 6) is 0.186. The molecule has 0 aromatic heterocycles. The lowest BCUT2D eigenvalue weighted by Crippen LogP contribution is -2.30. The lowest BCUT2D eigenvalue weighted by molar-refractivity contribution is -0.144. The van der Waals surface area contributed by atoms with E-state index in [-0.39, 0.29) is 24.8 Å². The van der Waals surface area contributed by atoms with Crippen LogP contribution in [0.4, 0.5) is 0 Å². The number of nitrogens with zero attached hydrogens (tertiary/aromatic N) is 1. The van der Waals surface area contributed by atoms with Crippen LogP contribution in [0.3, 0.4) is 0 Å². The minimum Gasteiger partial charge on any atom is -0.496 e. The quantitative estimate of drug-likeness (QED) is 0.298. The summed E-state index contributed by atoms with van der Waals surface area (Å²) >= 11 is 6.50. The standard InChI is InChI=1S/C18H21NO4S2/c1-3-4-11-23-16(20)9-10-19-17(21)15(25-18(19)24)12-13-7-5-6-8-14(13)22-2/h5-8,12H,3-4,9-11H2,1-2H3. The van der Waals surface area contributed by atoms with E-state index in [1.54, 1.807) is 13.2 Å². The Labute approximate surface area is 157 Å². The summed E-state index contributed by atoms with van der Waals surface area (Å²) in [5.41, 5.74) is 0.810. The van der Waals surface area contributed by atoms with E-state index in [1.807, 2.05) is 31.2 Å². The topological polar surface area (TPSA) is 55.8 Å². The number of benzene rings is 1. The molecule has 1 aliphatic heterocycles. The Morgan fingerprint density at radius 1 is 1.36 bits per heavy atom. The zero-order valence-electron chi connectivity index (χ0n) is 14.3. The number of para-hydroxylation sites is 1. The van der Waals surface area contributed by atoms with Gasteiger partial charge in [0.15, 0.2) is 0 Å². The molecule has 1 fully saturated rings. The van der Waals surface area contributed by atoms with E-state index in [0.29, 0.717) is 21.6 Å². The first kappa shape index (κ1) is 19.5. The molecule has 5 nitrogen and oxygen atoms in total. The van der Waals surface area contributed by atoms with Gasteiger partial charge in [-0.25, -0.2) is 0 Å². The molecule has 0 spiro atoms. The van der Waals surface area contributed by atoms with Crippen LogP contribution in [0.1, 0.15) is 31.7 Å². The molecule has 25 heavy (non-hydrogen) atoms. The monoisotopic (exact) mass is 379 g/mol. The van der Waals surface area contributed by atoms with Crippen LogP contribution in [0.2, 0.25) is 0 Å². The summed E-state index contributed by atoms with van der Waals surface area (Å²) in [6, 6.07) is 7.45. The SMILES string of the molecule is CCCCOC(=O)CCN1C(=O)C(=Cc2ccccc2OC)SC1=S. The van der Waals surface area contributed by atoms with Crippen LogP contribution in [0, 0.1) is 0 Å². The molecule has 0 saturated carbocycles. The highest BCUT2D eigenvalue weighted by atomic mass is 32.2. The van der Waals surface area contributed by atoms with Gasteiger partial charge in [0.2, 0.25) is 0 Å². The summed E-state index contributed by atoms with van der Waals surface area (Å²) < 4.78 is 10.9. The number of unbranched alkanes of at least 4 members (excludes halogenated alkanes) is 1. The van der Waals surface area contributed by atoms with Crippen LogP contribution in [0.25, 0.3) is 6.08 Å². The Morgan fingerprint density at radius 3 is 2.84 bits per heavy atom. The van der Waals surface area contributed by atoms with Gasteiger partial charge in [0.25, 0.3) is 5.91 Å². The second-order valence-electron chi connectivity index (χ2n) is 5.40. The third kappa shape index (κ3) is 5.31. The third-order valence-electron chi connectivity index (χ3n) is 3.60. The van der Waals surface area contributed by atoms with Crippen LogP contribution in [0.5, 0.6) is 5.75 Å². The van der Waals surface area contributed by atoms with E-state index in [0.717, 1.165) is 18.4 Å². The van der Waals surface area contributed by atoms with Gasteiger partial charge >= 0.3 is 5.97 Å². The van der Waals surface area contributed by atoms with Gasteiger partial charge in [-0.1, -0.05) is 55.5 Å². The highest BCUT2D eigenvalue weighted by molar-refractivity contribution is 8.26. The first-order valence-corrected chi connectivity index (χ1v) is 9.33. The first-order valence-electron chi connectivity index (χ1n) is 8.10. The van der Waals surface area contributed by atoms with Crippen molar-refractivity contribution in [3.05, 3.63) is 34.7 Å². The zero-order valence-corrected chi connectivity index (χ0v) is 16.0. The lowest BCUT2D eigenvalue weighted by atomic mass is 10.2. The van der Waals surface area contributed by atoms with E-state index in [9.17, 15) is 9.59 Å². The molecule has 1 amide bonds. The molecular weight excluding hydrogens is 358 g/mol. The number of hydrogen-bond acceptors (Lipinski definition) is 6. The van der Waals surface area contributed by atoms with Crippen molar-refractivity contribution in [2.45, 2.75) is 26.2 Å². The van der Waals surface area contributed by atoms with E-state index < -0.39 is 0 Å². The van der Waals surface area contributed by atoms with Gasteiger partial charge in [-0.15, -0.1) is 0 Å². The Hall–Kier alpha value is -1.86. The largest absolute Gasteiger partial charge is 0.496 e. The van der Waals surface area contributed by atoms with Crippen LogP contribution in [-0.4, -0.2) is 41.4 Å². The van der Waals surface area contributed by atoms with Crippen LogP contribution in [-0.2, 0) is 14.3 Å². The summed E-state index contributed by atoms with van der Waals surface area (Å²) in [5, 5.41) is 0. The summed E-state index contributed by atoms with van der Waals surface area (Å²) in [4.78, 5) is 26.2. The van der Waals surface area contributed by atoms with Crippen molar-refractivity contribution in [1.29, 1.82) is 0 Å². The predicted molar refractivity (Wildman–Crippen MR) is 103 cm³/mol. The van der Waals surface area contributed by atoms with Crippen molar-refractivity contribution < 1.29 is 19.1 Å². The second-order valence-corrected chi connectivity index (χ2v) is 7.08. The molecule has 0 bridgehead atoms. The van der Waals surface area contributed by atoms with Gasteiger partial charge in [0.05, 0.1) is 25.0 Å². The molecule has 0 radical (unpaired) electrons. The van der Waals surface area contributed by atoms with Gasteiger partial charge in [0, 0.05) is 12.1 Å². The molecule has 134 valence electrons. The number of carbonyl (C=O) groups excluding carboxylic acids is 2. The Bertz CT molecular complexity index is 687. The highest BCUT2D eigenvalue weighted by Crippen LogP contribution is 2.34. The van der Waals surface area contributed by atoms with Gasteiger partial charge in [0.1, 0.15) is 10.1 Å². The average Bonchev–Trinajstić information content (AvgIpc) is 2.87. The minimum absolute atomic E-state index is 0.137. The molecule has 1 aliphatic rings.